The molecule has 0 aliphatic carbocycles. The van der Waals surface area contributed by atoms with Crippen molar-refractivity contribution in [2.75, 3.05) is 13.7 Å². The average Bonchev–Trinajstić information content (AvgIpc) is 3.11. The van der Waals surface area contributed by atoms with Gasteiger partial charge >= 0.3 is 0 Å². The van der Waals surface area contributed by atoms with E-state index >= 15 is 0 Å². The summed E-state index contributed by atoms with van der Waals surface area (Å²) in [6, 6.07) is 9.15. The molecule has 0 atom stereocenters. The van der Waals surface area contributed by atoms with E-state index in [4.69, 9.17) is 4.74 Å². The van der Waals surface area contributed by atoms with Crippen molar-refractivity contribution in [1.29, 1.82) is 0 Å². The summed E-state index contributed by atoms with van der Waals surface area (Å²) in [6.07, 6.45) is 3.36. The molecule has 1 amide bonds. The molecule has 0 bridgehead atoms. The standard InChI is InChI=1S/C17H18N6O2S/c1-3-18-16(24)15-14(11-26-17-19-9-4-10-20-17)23(22-21-15)12-5-7-13(25-2)8-6-12/h4-10H,3,11H2,1-2H3,(H,18,24). The van der Waals surface area contributed by atoms with E-state index in [0.717, 1.165) is 11.4 Å². The Morgan fingerprint density at radius 2 is 1.96 bits per heavy atom. The molecule has 1 N–H and O–H groups in total. The van der Waals surface area contributed by atoms with E-state index in [0.29, 0.717) is 28.8 Å². The Hall–Kier alpha value is -2.94. The van der Waals surface area contributed by atoms with Crippen LogP contribution < -0.4 is 10.1 Å². The van der Waals surface area contributed by atoms with E-state index in [2.05, 4.69) is 25.6 Å². The quantitative estimate of drug-likeness (QED) is 0.503. The fraction of sp³-hybridized carbons (Fsp3) is 0.235. The fourth-order valence-electron chi connectivity index (χ4n) is 2.28. The van der Waals surface area contributed by atoms with Gasteiger partial charge in [-0.15, -0.1) is 5.10 Å². The number of nitrogens with one attached hydrogen (secondary N) is 1. The molecule has 134 valence electrons. The SMILES string of the molecule is CCNC(=O)c1nnn(-c2ccc(OC)cc2)c1CSc1ncccn1. The van der Waals surface area contributed by atoms with Crippen LogP contribution in [0.2, 0.25) is 0 Å². The minimum atomic E-state index is -0.253. The third-order valence-electron chi connectivity index (χ3n) is 3.51. The van der Waals surface area contributed by atoms with Crippen LogP contribution in [-0.4, -0.2) is 44.5 Å². The summed E-state index contributed by atoms with van der Waals surface area (Å²) in [4.78, 5) is 20.7. The maximum Gasteiger partial charge on any atom is 0.273 e. The summed E-state index contributed by atoms with van der Waals surface area (Å²) in [7, 11) is 1.61. The normalized spacial score (nSPS) is 10.5. The zero-order valence-corrected chi connectivity index (χ0v) is 15.2. The summed E-state index contributed by atoms with van der Waals surface area (Å²) >= 11 is 1.42. The van der Waals surface area contributed by atoms with Crippen LogP contribution in [0, 0.1) is 0 Å². The van der Waals surface area contributed by atoms with Gasteiger partial charge in [0.25, 0.3) is 5.91 Å². The van der Waals surface area contributed by atoms with Gasteiger partial charge in [0.15, 0.2) is 10.9 Å². The Balaban J connectivity index is 1.93. The van der Waals surface area contributed by atoms with Gasteiger partial charge < -0.3 is 10.1 Å². The predicted octanol–water partition coefficient (Wildman–Crippen LogP) is 2.11. The highest BCUT2D eigenvalue weighted by atomic mass is 32.2. The molecule has 0 aliphatic rings. The third-order valence-corrected chi connectivity index (χ3v) is 4.40. The molecular weight excluding hydrogens is 352 g/mol. The first-order valence-corrected chi connectivity index (χ1v) is 8.98. The zero-order chi connectivity index (χ0) is 18.4. The van der Waals surface area contributed by atoms with Crippen LogP contribution in [-0.2, 0) is 5.75 Å². The molecule has 2 heterocycles. The van der Waals surface area contributed by atoms with E-state index in [1.165, 1.54) is 11.8 Å². The highest BCUT2D eigenvalue weighted by Crippen LogP contribution is 2.23. The largest absolute Gasteiger partial charge is 0.497 e. The Morgan fingerprint density at radius 3 is 2.62 bits per heavy atom. The van der Waals surface area contributed by atoms with Crippen molar-refractivity contribution in [2.45, 2.75) is 17.8 Å². The van der Waals surface area contributed by atoms with Crippen molar-refractivity contribution < 1.29 is 9.53 Å². The average molecular weight is 370 g/mol. The molecule has 0 unspecified atom stereocenters. The number of benzene rings is 1. The Morgan fingerprint density at radius 1 is 1.23 bits per heavy atom. The van der Waals surface area contributed by atoms with E-state index < -0.39 is 0 Å². The van der Waals surface area contributed by atoms with E-state index in [-0.39, 0.29) is 5.91 Å². The first-order valence-electron chi connectivity index (χ1n) is 8.00. The fourth-order valence-corrected chi connectivity index (χ4v) is 3.07. The summed E-state index contributed by atoms with van der Waals surface area (Å²) in [5.41, 5.74) is 1.77. The lowest BCUT2D eigenvalue weighted by Crippen LogP contribution is -2.24. The van der Waals surface area contributed by atoms with Gasteiger partial charge in [-0.25, -0.2) is 14.6 Å². The Kier molecular flexibility index (Phi) is 5.80. The van der Waals surface area contributed by atoms with E-state index in [9.17, 15) is 4.79 Å². The Bertz CT molecular complexity index is 867. The van der Waals surface area contributed by atoms with E-state index in [1.54, 1.807) is 30.3 Å². The second-order valence-corrected chi connectivity index (χ2v) is 6.12. The van der Waals surface area contributed by atoms with Crippen LogP contribution in [0.3, 0.4) is 0 Å². The van der Waals surface area contributed by atoms with Gasteiger partial charge in [-0.1, -0.05) is 17.0 Å². The number of hydrogen-bond donors (Lipinski definition) is 1. The number of hydrogen-bond acceptors (Lipinski definition) is 7. The van der Waals surface area contributed by atoms with Crippen molar-refractivity contribution in [3.63, 3.8) is 0 Å². The van der Waals surface area contributed by atoms with Gasteiger partial charge in [-0.3, -0.25) is 4.79 Å². The number of methoxy groups -OCH3 is 1. The molecule has 1 aromatic carbocycles. The molecule has 0 fully saturated rings. The van der Waals surface area contributed by atoms with Gasteiger partial charge in [0, 0.05) is 24.7 Å². The second-order valence-electron chi connectivity index (χ2n) is 5.17. The first kappa shape index (κ1) is 17.9. The third kappa shape index (κ3) is 3.99. The first-order chi connectivity index (χ1) is 12.7. The van der Waals surface area contributed by atoms with Gasteiger partial charge in [0.2, 0.25) is 0 Å². The van der Waals surface area contributed by atoms with Gasteiger partial charge in [0.05, 0.1) is 18.5 Å². The second kappa shape index (κ2) is 8.43. The maximum atomic E-state index is 12.3. The van der Waals surface area contributed by atoms with Crippen molar-refractivity contribution in [1.82, 2.24) is 30.3 Å². The molecule has 0 radical (unpaired) electrons. The van der Waals surface area contributed by atoms with Crippen LogP contribution >= 0.6 is 11.8 Å². The lowest BCUT2D eigenvalue weighted by Gasteiger charge is -2.08. The van der Waals surface area contributed by atoms with Gasteiger partial charge in [0.1, 0.15) is 5.75 Å². The molecule has 0 aliphatic heterocycles. The minimum Gasteiger partial charge on any atom is -0.497 e. The van der Waals surface area contributed by atoms with Crippen molar-refractivity contribution in [2.24, 2.45) is 0 Å². The van der Waals surface area contributed by atoms with Gasteiger partial charge in [-0.2, -0.15) is 0 Å². The summed E-state index contributed by atoms with van der Waals surface area (Å²) in [5.74, 6) is 0.943. The topological polar surface area (TPSA) is 94.8 Å². The van der Waals surface area contributed by atoms with Crippen LogP contribution in [0.4, 0.5) is 0 Å². The number of ether oxygens (including phenoxy) is 1. The predicted molar refractivity (Wildman–Crippen MR) is 97.5 cm³/mol. The number of thioether (sulfide) groups is 1. The molecule has 9 heteroatoms. The molecule has 2 aromatic heterocycles. The number of rotatable bonds is 7. The lowest BCUT2D eigenvalue weighted by molar-refractivity contribution is 0.0950. The molecule has 8 nitrogen and oxygen atoms in total. The number of amides is 1. The molecule has 0 saturated carbocycles. The number of carbonyl (C=O) groups is 1. The number of nitrogens with zero attached hydrogens (tertiary/aromatic N) is 5. The summed E-state index contributed by atoms with van der Waals surface area (Å²) in [6.45, 7) is 2.38. The molecule has 0 saturated heterocycles. The smallest absolute Gasteiger partial charge is 0.273 e. The Labute approximate surface area is 155 Å². The highest BCUT2D eigenvalue weighted by Gasteiger charge is 2.20. The van der Waals surface area contributed by atoms with Crippen LogP contribution in [0.5, 0.6) is 5.75 Å². The molecule has 3 aromatic rings. The van der Waals surface area contributed by atoms with Crippen LogP contribution in [0.15, 0.2) is 47.9 Å². The molecular formula is C17H18N6O2S. The van der Waals surface area contributed by atoms with Crippen LogP contribution in [0.1, 0.15) is 23.1 Å². The summed E-state index contributed by atoms with van der Waals surface area (Å²) in [5, 5.41) is 11.6. The van der Waals surface area contributed by atoms with Gasteiger partial charge in [-0.05, 0) is 37.3 Å². The van der Waals surface area contributed by atoms with Crippen LogP contribution in [0.25, 0.3) is 5.69 Å². The van der Waals surface area contributed by atoms with Crippen molar-refractivity contribution >= 4 is 17.7 Å². The van der Waals surface area contributed by atoms with E-state index in [1.807, 2.05) is 31.2 Å². The summed E-state index contributed by atoms with van der Waals surface area (Å²) < 4.78 is 6.84. The monoisotopic (exact) mass is 370 g/mol. The lowest BCUT2D eigenvalue weighted by atomic mass is 10.2. The minimum absolute atomic E-state index is 0.253. The molecule has 0 spiro atoms. The van der Waals surface area contributed by atoms with Crippen molar-refractivity contribution in [3.8, 4) is 11.4 Å². The highest BCUT2D eigenvalue weighted by molar-refractivity contribution is 7.98. The molecule has 26 heavy (non-hydrogen) atoms. The van der Waals surface area contributed by atoms with Crippen molar-refractivity contribution in [3.05, 3.63) is 54.1 Å². The number of aromatic nitrogens is 5. The zero-order valence-electron chi connectivity index (χ0n) is 14.4. The maximum absolute atomic E-state index is 12.3. The molecule has 3 rings (SSSR count). The number of carbonyl (C=O) groups excluding carboxylic acids is 1.